The molecule has 0 aromatic heterocycles. The molecular weight excluding hydrogens is 310 g/mol. The largest absolute Gasteiger partial charge is 0.327 e. The number of nitrogens with two attached hydrogens (primary N) is 1. The molecule has 1 aliphatic heterocycles. The lowest BCUT2D eigenvalue weighted by molar-refractivity contribution is 0.256. The van der Waals surface area contributed by atoms with Gasteiger partial charge in [-0.1, -0.05) is 17.7 Å². The first kappa shape index (κ1) is 15.2. The van der Waals surface area contributed by atoms with Gasteiger partial charge in [0.25, 0.3) is 10.2 Å². The maximum atomic E-state index is 12.4. The van der Waals surface area contributed by atoms with Crippen LogP contribution in [0.15, 0.2) is 18.2 Å². The van der Waals surface area contributed by atoms with Crippen LogP contribution < -0.4 is 10.5 Å². The van der Waals surface area contributed by atoms with E-state index in [1.54, 1.807) is 6.07 Å². The molecule has 116 valence electrons. The molecule has 0 saturated heterocycles. The zero-order chi connectivity index (χ0) is 15.0. The first-order valence-corrected chi connectivity index (χ1v) is 9.05. The molecule has 0 unspecified atom stereocenters. The Hall–Kier alpha value is -0.660. The van der Waals surface area contributed by atoms with Gasteiger partial charge >= 0.3 is 0 Å². The molecule has 2 aliphatic rings. The summed E-state index contributed by atoms with van der Waals surface area (Å²) in [7, 11) is -3.44. The van der Waals surface area contributed by atoms with Crippen molar-refractivity contribution in [1.29, 1.82) is 0 Å². The summed E-state index contributed by atoms with van der Waals surface area (Å²) in [6.07, 6.45) is 2.69. The molecule has 1 aliphatic carbocycles. The molecule has 2 atom stereocenters. The van der Waals surface area contributed by atoms with Gasteiger partial charge in [-0.15, -0.1) is 0 Å². The van der Waals surface area contributed by atoms with E-state index in [-0.39, 0.29) is 12.0 Å². The highest BCUT2D eigenvalue weighted by Gasteiger charge is 2.31. The third-order valence-corrected chi connectivity index (χ3v) is 6.25. The van der Waals surface area contributed by atoms with E-state index in [4.69, 9.17) is 17.3 Å². The van der Waals surface area contributed by atoms with E-state index in [0.29, 0.717) is 31.1 Å². The fourth-order valence-corrected chi connectivity index (χ4v) is 4.30. The SMILES string of the molecule is N[C@H]1CC[C@@H]1CNS(=O)(=O)N1CCc2cc(Cl)ccc2C1. The van der Waals surface area contributed by atoms with E-state index in [9.17, 15) is 8.42 Å². The third kappa shape index (κ3) is 3.24. The number of halogens is 1. The Morgan fingerprint density at radius 1 is 1.33 bits per heavy atom. The van der Waals surface area contributed by atoms with Crippen LogP contribution in [-0.4, -0.2) is 31.9 Å². The van der Waals surface area contributed by atoms with Gasteiger partial charge in [0.2, 0.25) is 0 Å². The summed E-state index contributed by atoms with van der Waals surface area (Å²) in [5, 5.41) is 0.696. The van der Waals surface area contributed by atoms with Crippen LogP contribution in [0.25, 0.3) is 0 Å². The quantitative estimate of drug-likeness (QED) is 0.873. The smallest absolute Gasteiger partial charge is 0.279 e. The lowest BCUT2D eigenvalue weighted by Crippen LogP contribution is -2.49. The van der Waals surface area contributed by atoms with Crippen LogP contribution in [0.3, 0.4) is 0 Å². The van der Waals surface area contributed by atoms with Crippen molar-refractivity contribution in [2.24, 2.45) is 11.7 Å². The van der Waals surface area contributed by atoms with Crippen molar-refractivity contribution in [2.75, 3.05) is 13.1 Å². The van der Waals surface area contributed by atoms with Crippen LogP contribution in [0.1, 0.15) is 24.0 Å². The van der Waals surface area contributed by atoms with E-state index in [1.165, 1.54) is 4.31 Å². The third-order valence-electron chi connectivity index (χ3n) is 4.49. The minimum Gasteiger partial charge on any atom is -0.327 e. The number of benzene rings is 1. The molecule has 1 fully saturated rings. The molecule has 5 nitrogen and oxygen atoms in total. The number of nitrogens with zero attached hydrogens (tertiary/aromatic N) is 1. The van der Waals surface area contributed by atoms with Crippen molar-refractivity contribution in [1.82, 2.24) is 9.03 Å². The highest BCUT2D eigenvalue weighted by atomic mass is 35.5. The van der Waals surface area contributed by atoms with Gasteiger partial charge in [-0.25, -0.2) is 4.72 Å². The van der Waals surface area contributed by atoms with Crippen molar-refractivity contribution in [3.63, 3.8) is 0 Å². The van der Waals surface area contributed by atoms with Gasteiger partial charge < -0.3 is 5.73 Å². The summed E-state index contributed by atoms with van der Waals surface area (Å²) in [5.41, 5.74) is 8.01. The highest BCUT2D eigenvalue weighted by Crippen LogP contribution is 2.26. The normalized spacial score (nSPS) is 26.2. The second-order valence-corrected chi connectivity index (χ2v) is 8.04. The van der Waals surface area contributed by atoms with Gasteiger partial charge in [-0.2, -0.15) is 12.7 Å². The van der Waals surface area contributed by atoms with Crippen molar-refractivity contribution < 1.29 is 8.42 Å². The van der Waals surface area contributed by atoms with Crippen LogP contribution in [0.4, 0.5) is 0 Å². The minimum absolute atomic E-state index is 0.136. The first-order chi connectivity index (χ1) is 9.95. The van der Waals surface area contributed by atoms with Gasteiger partial charge in [-0.05, 0) is 48.4 Å². The summed E-state index contributed by atoms with van der Waals surface area (Å²) >= 11 is 5.97. The predicted molar refractivity (Wildman–Crippen MR) is 83.2 cm³/mol. The lowest BCUT2D eigenvalue weighted by atomic mass is 9.80. The topological polar surface area (TPSA) is 75.4 Å². The highest BCUT2D eigenvalue weighted by molar-refractivity contribution is 7.87. The van der Waals surface area contributed by atoms with E-state index in [0.717, 1.165) is 24.0 Å². The Balaban J connectivity index is 1.65. The Bertz CT molecular complexity index is 635. The summed E-state index contributed by atoms with van der Waals surface area (Å²) in [4.78, 5) is 0. The average Bonchev–Trinajstić information content (AvgIpc) is 2.45. The minimum atomic E-state index is -3.44. The predicted octanol–water partition coefficient (Wildman–Crippen LogP) is 1.27. The first-order valence-electron chi connectivity index (χ1n) is 7.23. The average molecular weight is 330 g/mol. The maximum absolute atomic E-state index is 12.4. The van der Waals surface area contributed by atoms with Crippen LogP contribution in [0, 0.1) is 5.92 Å². The molecule has 1 aromatic rings. The van der Waals surface area contributed by atoms with Crippen molar-refractivity contribution >= 4 is 21.8 Å². The zero-order valence-corrected chi connectivity index (χ0v) is 13.3. The summed E-state index contributed by atoms with van der Waals surface area (Å²) < 4.78 is 28.9. The maximum Gasteiger partial charge on any atom is 0.279 e. The molecule has 1 aromatic carbocycles. The molecule has 0 bridgehead atoms. The van der Waals surface area contributed by atoms with Crippen LogP contribution >= 0.6 is 11.6 Å². The number of hydrogen-bond acceptors (Lipinski definition) is 3. The standard InChI is InChI=1S/C14H20ClN3O2S/c15-13-3-1-12-9-18(6-5-10(12)7-13)21(19,20)17-8-11-2-4-14(11)16/h1,3,7,11,14,17H,2,4-6,8-9,16H2/t11-,14+/m1/s1. The monoisotopic (exact) mass is 329 g/mol. The number of fused-ring (bicyclic) bond motifs is 1. The van der Waals surface area contributed by atoms with Gasteiger partial charge in [0.05, 0.1) is 0 Å². The zero-order valence-electron chi connectivity index (χ0n) is 11.8. The Labute approximate surface area is 130 Å². The molecule has 0 amide bonds. The van der Waals surface area contributed by atoms with E-state index in [2.05, 4.69) is 4.72 Å². The Kier molecular flexibility index (Phi) is 4.25. The summed E-state index contributed by atoms with van der Waals surface area (Å²) in [6.45, 7) is 1.32. The molecule has 7 heteroatoms. The summed E-state index contributed by atoms with van der Waals surface area (Å²) in [5.74, 6) is 0.274. The van der Waals surface area contributed by atoms with E-state index < -0.39 is 10.2 Å². The number of rotatable bonds is 4. The van der Waals surface area contributed by atoms with Gasteiger partial charge in [-0.3, -0.25) is 0 Å². The van der Waals surface area contributed by atoms with Crippen LogP contribution in [0.5, 0.6) is 0 Å². The van der Waals surface area contributed by atoms with E-state index >= 15 is 0 Å². The van der Waals surface area contributed by atoms with Crippen molar-refractivity contribution in [3.05, 3.63) is 34.3 Å². The van der Waals surface area contributed by atoms with Crippen LogP contribution in [-0.2, 0) is 23.2 Å². The number of hydrogen-bond donors (Lipinski definition) is 2. The Morgan fingerprint density at radius 3 is 2.81 bits per heavy atom. The molecule has 21 heavy (non-hydrogen) atoms. The second-order valence-electron chi connectivity index (χ2n) is 5.85. The van der Waals surface area contributed by atoms with Crippen molar-refractivity contribution in [2.45, 2.75) is 31.8 Å². The van der Waals surface area contributed by atoms with Gasteiger partial charge in [0.15, 0.2) is 0 Å². The van der Waals surface area contributed by atoms with Crippen molar-refractivity contribution in [3.8, 4) is 0 Å². The molecule has 3 N–H and O–H groups in total. The van der Waals surface area contributed by atoms with Gasteiger partial charge in [0, 0.05) is 30.7 Å². The molecule has 3 rings (SSSR count). The molecule has 0 spiro atoms. The lowest BCUT2D eigenvalue weighted by Gasteiger charge is -2.35. The second kappa shape index (κ2) is 5.85. The van der Waals surface area contributed by atoms with Gasteiger partial charge in [0.1, 0.15) is 0 Å². The molecule has 1 saturated carbocycles. The molecule has 1 heterocycles. The Morgan fingerprint density at radius 2 is 2.14 bits per heavy atom. The molecule has 0 radical (unpaired) electrons. The fourth-order valence-electron chi connectivity index (χ4n) is 2.85. The number of nitrogens with one attached hydrogen (secondary N) is 1. The fraction of sp³-hybridized carbons (Fsp3) is 0.571. The molecular formula is C14H20ClN3O2S. The van der Waals surface area contributed by atoms with E-state index in [1.807, 2.05) is 12.1 Å². The van der Waals surface area contributed by atoms with Crippen LogP contribution in [0.2, 0.25) is 5.02 Å². The summed E-state index contributed by atoms with van der Waals surface area (Å²) in [6, 6.07) is 5.76.